The Bertz CT molecular complexity index is 1980. The Labute approximate surface area is 260 Å². The van der Waals surface area contributed by atoms with Crippen LogP contribution in [0.2, 0.25) is 0 Å². The minimum absolute atomic E-state index is 0.203. The van der Waals surface area contributed by atoms with E-state index in [0.29, 0.717) is 5.92 Å². The Morgan fingerprint density at radius 3 is 2.20 bits per heavy atom. The highest BCUT2D eigenvalue weighted by atomic mass is 16.1. The second-order valence-corrected chi connectivity index (χ2v) is 13.5. The number of hydrogen-bond acceptors (Lipinski definition) is 1. The summed E-state index contributed by atoms with van der Waals surface area (Å²) in [4.78, 5) is 11.9. The second kappa shape index (κ2) is 9.92. The molecule has 1 N–H and O–H groups in total. The van der Waals surface area contributed by atoms with Gasteiger partial charge in [-0.2, -0.15) is 0 Å². The van der Waals surface area contributed by atoms with Gasteiger partial charge in [-0.25, -0.2) is 0 Å². The van der Waals surface area contributed by atoms with Crippen molar-refractivity contribution in [3.63, 3.8) is 0 Å². The maximum Gasteiger partial charge on any atom is 0.211 e. The Kier molecular flexibility index (Phi) is 6.07. The van der Waals surface area contributed by atoms with Gasteiger partial charge in [0.05, 0.1) is 11.1 Å². The fourth-order valence-corrected chi connectivity index (χ4v) is 8.56. The molecular formula is C42H37NO. The Morgan fingerprint density at radius 2 is 1.41 bits per heavy atom. The molecule has 44 heavy (non-hydrogen) atoms. The summed E-state index contributed by atoms with van der Waals surface area (Å²) in [7, 11) is 0. The highest BCUT2D eigenvalue weighted by molar-refractivity contribution is 5.98. The van der Waals surface area contributed by atoms with Gasteiger partial charge in [-0.1, -0.05) is 136 Å². The van der Waals surface area contributed by atoms with Crippen LogP contribution >= 0.6 is 0 Å². The van der Waals surface area contributed by atoms with Gasteiger partial charge in [-0.3, -0.25) is 4.79 Å². The highest BCUT2D eigenvalue weighted by Gasteiger charge is 2.53. The molecule has 2 bridgehead atoms. The molecule has 4 aliphatic carbocycles. The van der Waals surface area contributed by atoms with Crippen LogP contribution in [0.4, 0.5) is 5.69 Å². The molecular weight excluding hydrogens is 534 g/mol. The topological polar surface area (TPSA) is 29.1 Å². The van der Waals surface area contributed by atoms with Crippen LogP contribution < -0.4 is 5.32 Å². The molecule has 0 saturated heterocycles. The van der Waals surface area contributed by atoms with Gasteiger partial charge >= 0.3 is 0 Å². The van der Waals surface area contributed by atoms with Crippen molar-refractivity contribution in [2.45, 2.75) is 50.9 Å². The summed E-state index contributed by atoms with van der Waals surface area (Å²) in [5.41, 5.74) is 16.4. The van der Waals surface area contributed by atoms with Crippen LogP contribution in [0, 0.1) is 5.92 Å². The summed E-state index contributed by atoms with van der Waals surface area (Å²) in [6, 6.07) is 33.5. The van der Waals surface area contributed by atoms with Gasteiger partial charge in [-0.05, 0) is 91.8 Å². The third kappa shape index (κ3) is 3.70. The number of allylic oxidation sites excluding steroid dienone is 8. The highest BCUT2D eigenvalue weighted by Crippen LogP contribution is 2.63. The summed E-state index contributed by atoms with van der Waals surface area (Å²) in [5.74, 6) is 0.486. The summed E-state index contributed by atoms with van der Waals surface area (Å²) < 4.78 is 0. The van der Waals surface area contributed by atoms with Crippen molar-refractivity contribution in [3.8, 4) is 11.1 Å². The number of amides is 1. The van der Waals surface area contributed by atoms with E-state index in [9.17, 15) is 4.79 Å². The molecule has 1 amide bonds. The summed E-state index contributed by atoms with van der Waals surface area (Å²) >= 11 is 0. The lowest BCUT2D eigenvalue weighted by atomic mass is 9.66. The van der Waals surface area contributed by atoms with Crippen LogP contribution in [0.5, 0.6) is 0 Å². The number of benzene rings is 4. The van der Waals surface area contributed by atoms with Crippen molar-refractivity contribution >= 4 is 23.2 Å². The molecule has 1 spiro atoms. The number of para-hydroxylation sites is 1. The molecule has 216 valence electrons. The van der Waals surface area contributed by atoms with Crippen molar-refractivity contribution < 1.29 is 4.79 Å². The van der Waals surface area contributed by atoms with Crippen molar-refractivity contribution in [2.75, 3.05) is 5.32 Å². The van der Waals surface area contributed by atoms with E-state index in [2.05, 4.69) is 141 Å². The summed E-state index contributed by atoms with van der Waals surface area (Å²) in [5, 5.41) is 3.11. The third-order valence-corrected chi connectivity index (χ3v) is 10.5. The molecule has 4 aliphatic rings. The fraction of sp³-hybridized carbons (Fsp3) is 0.214. The number of hydrogen-bond donors (Lipinski definition) is 1. The first-order valence-corrected chi connectivity index (χ1v) is 15.9. The lowest BCUT2D eigenvalue weighted by Gasteiger charge is -2.36. The van der Waals surface area contributed by atoms with Crippen molar-refractivity contribution in [1.82, 2.24) is 0 Å². The first-order valence-electron chi connectivity index (χ1n) is 15.9. The van der Waals surface area contributed by atoms with Gasteiger partial charge < -0.3 is 5.32 Å². The first kappa shape index (κ1) is 26.9. The molecule has 2 atom stereocenters. The van der Waals surface area contributed by atoms with E-state index in [1.807, 2.05) is 0 Å². The SMILES string of the molecule is CC1C=CC2=C(C1)C1(C3=C(Cc4ccccc4-c4cccc(c4NC=O)C(C)(C)CC=C3)c3ccccc31)c1ccccc12. The Morgan fingerprint density at radius 1 is 0.750 bits per heavy atom. The van der Waals surface area contributed by atoms with E-state index in [1.165, 1.54) is 55.7 Å². The van der Waals surface area contributed by atoms with E-state index in [4.69, 9.17) is 0 Å². The first-order chi connectivity index (χ1) is 21.4. The normalized spacial score (nSPS) is 22.4. The zero-order valence-electron chi connectivity index (χ0n) is 25.7. The predicted octanol–water partition coefficient (Wildman–Crippen LogP) is 9.82. The Hall–Kier alpha value is -4.69. The number of carbonyl (C=O) groups is 1. The minimum atomic E-state index is -0.310. The van der Waals surface area contributed by atoms with Crippen LogP contribution in [0.3, 0.4) is 0 Å². The second-order valence-electron chi connectivity index (χ2n) is 13.5. The van der Waals surface area contributed by atoms with E-state index in [-0.39, 0.29) is 10.8 Å². The van der Waals surface area contributed by atoms with E-state index in [0.717, 1.165) is 42.5 Å². The molecule has 2 unspecified atom stereocenters. The third-order valence-electron chi connectivity index (χ3n) is 10.5. The lowest BCUT2D eigenvalue weighted by Crippen LogP contribution is -2.29. The van der Waals surface area contributed by atoms with Crippen LogP contribution in [0.25, 0.3) is 22.3 Å². The number of fused-ring (bicyclic) bond motifs is 12. The van der Waals surface area contributed by atoms with Gasteiger partial charge in [-0.15, -0.1) is 0 Å². The van der Waals surface area contributed by atoms with Gasteiger partial charge in [0.1, 0.15) is 0 Å². The molecule has 0 radical (unpaired) electrons. The van der Waals surface area contributed by atoms with Crippen molar-refractivity contribution in [2.24, 2.45) is 5.92 Å². The van der Waals surface area contributed by atoms with Gasteiger partial charge in [0, 0.05) is 5.56 Å². The van der Waals surface area contributed by atoms with E-state index in [1.54, 1.807) is 0 Å². The molecule has 4 aromatic carbocycles. The van der Waals surface area contributed by atoms with Gasteiger partial charge in [0.15, 0.2) is 0 Å². The Balaban J connectivity index is 1.46. The van der Waals surface area contributed by atoms with Crippen LogP contribution in [0.15, 0.2) is 126 Å². The van der Waals surface area contributed by atoms with Crippen molar-refractivity contribution in [3.05, 3.63) is 160 Å². The van der Waals surface area contributed by atoms with Gasteiger partial charge in [0.2, 0.25) is 6.41 Å². The van der Waals surface area contributed by atoms with Crippen LogP contribution in [0.1, 0.15) is 67.0 Å². The average molecular weight is 572 g/mol. The molecule has 0 fully saturated rings. The molecule has 8 rings (SSSR count). The standard InChI is InChI=1S/C42H37NO/c1-27-21-22-32-30-14-6-8-17-35(30)42(39(32)24-27)36-18-9-7-15-31(36)34-25-28-12-4-5-13-29(28)33-16-10-19-38(40(33)43-26-44)41(2,3)23-11-20-37(34)42/h4-22,26-27H,23-25H2,1-3H3,(H,43,44). The average Bonchev–Trinajstić information content (AvgIpc) is 3.47. The summed E-state index contributed by atoms with van der Waals surface area (Å²) in [6.45, 7) is 6.93. The number of carbonyl (C=O) groups excluding carboxylic acids is 1. The van der Waals surface area contributed by atoms with Gasteiger partial charge in [0.25, 0.3) is 0 Å². The molecule has 2 nitrogen and oxygen atoms in total. The predicted molar refractivity (Wildman–Crippen MR) is 182 cm³/mol. The van der Waals surface area contributed by atoms with E-state index < -0.39 is 0 Å². The molecule has 2 heteroatoms. The quantitative estimate of drug-likeness (QED) is 0.238. The number of anilines is 1. The summed E-state index contributed by atoms with van der Waals surface area (Å²) in [6.07, 6.45) is 13.2. The molecule has 4 aromatic rings. The minimum Gasteiger partial charge on any atom is -0.328 e. The zero-order valence-corrected chi connectivity index (χ0v) is 25.7. The maximum absolute atomic E-state index is 11.9. The molecule has 0 aromatic heterocycles. The molecule has 0 heterocycles. The van der Waals surface area contributed by atoms with Crippen LogP contribution in [-0.2, 0) is 22.0 Å². The van der Waals surface area contributed by atoms with E-state index >= 15 is 0 Å². The number of rotatable bonds is 2. The van der Waals surface area contributed by atoms with Crippen molar-refractivity contribution in [1.29, 1.82) is 0 Å². The molecule has 0 saturated carbocycles. The zero-order chi connectivity index (χ0) is 30.1. The number of nitrogens with one attached hydrogen (secondary N) is 1. The largest absolute Gasteiger partial charge is 0.328 e. The monoisotopic (exact) mass is 571 g/mol. The smallest absolute Gasteiger partial charge is 0.211 e. The fourth-order valence-electron chi connectivity index (χ4n) is 8.56. The molecule has 0 aliphatic heterocycles. The maximum atomic E-state index is 11.9. The van der Waals surface area contributed by atoms with Crippen LogP contribution in [-0.4, -0.2) is 6.41 Å². The lowest BCUT2D eigenvalue weighted by molar-refractivity contribution is -0.105.